The monoisotopic (exact) mass is 250 g/mol. The first kappa shape index (κ1) is 13.5. The van der Waals surface area contributed by atoms with Crippen molar-refractivity contribution in [2.45, 2.75) is 44.7 Å². The number of nitrogens with zero attached hydrogens (tertiary/aromatic N) is 1. The van der Waals surface area contributed by atoms with Crippen LogP contribution in [0.15, 0.2) is 24.3 Å². The van der Waals surface area contributed by atoms with Crippen LogP contribution in [0, 0.1) is 5.82 Å². The van der Waals surface area contributed by atoms with Gasteiger partial charge in [-0.15, -0.1) is 0 Å². The summed E-state index contributed by atoms with van der Waals surface area (Å²) < 4.78 is 13.9. The van der Waals surface area contributed by atoms with Gasteiger partial charge in [-0.05, 0) is 31.9 Å². The van der Waals surface area contributed by atoms with Gasteiger partial charge in [0.15, 0.2) is 0 Å². The van der Waals surface area contributed by atoms with Gasteiger partial charge in [0.2, 0.25) is 0 Å². The smallest absolute Gasteiger partial charge is 0.128 e. The summed E-state index contributed by atoms with van der Waals surface area (Å²) in [5, 5.41) is 0. The van der Waals surface area contributed by atoms with Crippen molar-refractivity contribution in [1.82, 2.24) is 4.90 Å². The van der Waals surface area contributed by atoms with E-state index in [0.29, 0.717) is 12.6 Å². The highest BCUT2D eigenvalue weighted by molar-refractivity contribution is 5.22. The van der Waals surface area contributed by atoms with Gasteiger partial charge in [0, 0.05) is 18.2 Å². The van der Waals surface area contributed by atoms with E-state index in [1.807, 2.05) is 12.1 Å². The van der Waals surface area contributed by atoms with Crippen LogP contribution in [0.1, 0.15) is 44.2 Å². The van der Waals surface area contributed by atoms with E-state index in [-0.39, 0.29) is 11.9 Å². The lowest BCUT2D eigenvalue weighted by atomic mass is 10.0. The van der Waals surface area contributed by atoms with Crippen LogP contribution in [0.2, 0.25) is 0 Å². The van der Waals surface area contributed by atoms with Crippen molar-refractivity contribution < 1.29 is 4.39 Å². The summed E-state index contributed by atoms with van der Waals surface area (Å²) in [4.78, 5) is 2.40. The summed E-state index contributed by atoms with van der Waals surface area (Å²) in [6.45, 7) is 3.70. The molecule has 3 heteroatoms. The van der Waals surface area contributed by atoms with Gasteiger partial charge in [0.05, 0.1) is 6.04 Å². The average molecular weight is 250 g/mol. The molecule has 1 atom stereocenters. The predicted octanol–water partition coefficient (Wildman–Crippen LogP) is 3.09. The Morgan fingerprint density at radius 3 is 2.67 bits per heavy atom. The zero-order valence-electron chi connectivity index (χ0n) is 11.1. The number of nitrogens with two attached hydrogens (primary N) is 1. The van der Waals surface area contributed by atoms with Gasteiger partial charge in [-0.1, -0.05) is 31.5 Å². The van der Waals surface area contributed by atoms with Crippen molar-refractivity contribution in [2.75, 3.05) is 13.1 Å². The predicted molar refractivity (Wildman–Crippen MR) is 72.8 cm³/mol. The van der Waals surface area contributed by atoms with Crippen LogP contribution in [0.25, 0.3) is 0 Å². The maximum atomic E-state index is 13.9. The molecule has 2 N–H and O–H groups in total. The number of hydrogen-bond donors (Lipinski definition) is 1. The zero-order chi connectivity index (χ0) is 13.0. The molecule has 0 amide bonds. The van der Waals surface area contributed by atoms with Crippen molar-refractivity contribution >= 4 is 0 Å². The highest BCUT2D eigenvalue weighted by Gasteiger charge is 2.34. The lowest BCUT2D eigenvalue weighted by molar-refractivity contribution is 0.184. The highest BCUT2D eigenvalue weighted by Crippen LogP contribution is 2.34. The Kier molecular flexibility index (Phi) is 4.72. The Labute approximate surface area is 109 Å². The maximum Gasteiger partial charge on any atom is 0.128 e. The summed E-state index contributed by atoms with van der Waals surface area (Å²) in [5.41, 5.74) is 6.66. The fraction of sp³-hybridized carbons (Fsp3) is 0.600. The SMILES string of the molecule is CCCCN(C1CC1)C(CN)c1ccccc1F. The molecule has 100 valence electrons. The van der Waals surface area contributed by atoms with Gasteiger partial charge in [0.1, 0.15) is 5.82 Å². The topological polar surface area (TPSA) is 29.3 Å². The standard InChI is InChI=1S/C15H23FN2/c1-2-3-10-18(12-8-9-12)15(11-17)13-6-4-5-7-14(13)16/h4-7,12,15H,2-3,8-11,17H2,1H3. The second-order valence-electron chi connectivity index (χ2n) is 5.10. The minimum Gasteiger partial charge on any atom is -0.329 e. The van der Waals surface area contributed by atoms with Crippen LogP contribution < -0.4 is 5.73 Å². The van der Waals surface area contributed by atoms with Crippen LogP contribution in [0.3, 0.4) is 0 Å². The van der Waals surface area contributed by atoms with Crippen molar-refractivity contribution in [2.24, 2.45) is 5.73 Å². The molecule has 0 saturated heterocycles. The third-order valence-electron chi connectivity index (χ3n) is 3.67. The quantitative estimate of drug-likeness (QED) is 0.805. The Hall–Kier alpha value is -0.930. The van der Waals surface area contributed by atoms with E-state index in [0.717, 1.165) is 24.9 Å². The summed E-state index contributed by atoms with van der Waals surface area (Å²) in [6, 6.07) is 7.68. The van der Waals surface area contributed by atoms with Crippen LogP contribution in [0.5, 0.6) is 0 Å². The molecule has 0 bridgehead atoms. The van der Waals surface area contributed by atoms with Crippen LogP contribution in [-0.4, -0.2) is 24.0 Å². The van der Waals surface area contributed by atoms with Gasteiger partial charge < -0.3 is 5.73 Å². The van der Waals surface area contributed by atoms with E-state index in [2.05, 4.69) is 11.8 Å². The second-order valence-corrected chi connectivity index (χ2v) is 5.10. The highest BCUT2D eigenvalue weighted by atomic mass is 19.1. The second kappa shape index (κ2) is 6.30. The summed E-state index contributed by atoms with van der Waals surface area (Å²) in [6.07, 6.45) is 4.78. The molecule has 0 aliphatic heterocycles. The van der Waals surface area contributed by atoms with Crippen LogP contribution in [0.4, 0.5) is 4.39 Å². The molecule has 2 nitrogen and oxygen atoms in total. The first-order valence-corrected chi connectivity index (χ1v) is 6.98. The zero-order valence-corrected chi connectivity index (χ0v) is 11.1. The Morgan fingerprint density at radius 2 is 2.11 bits per heavy atom. The molecular weight excluding hydrogens is 227 g/mol. The van der Waals surface area contributed by atoms with E-state index < -0.39 is 0 Å². The Morgan fingerprint density at radius 1 is 1.39 bits per heavy atom. The molecule has 1 aromatic rings. The Bertz CT molecular complexity index is 377. The van der Waals surface area contributed by atoms with E-state index in [1.165, 1.54) is 18.9 Å². The Balaban J connectivity index is 2.17. The maximum absolute atomic E-state index is 13.9. The van der Waals surface area contributed by atoms with Gasteiger partial charge in [-0.25, -0.2) is 4.39 Å². The number of unbranched alkanes of at least 4 members (excludes halogenated alkanes) is 1. The number of rotatable bonds is 7. The molecule has 18 heavy (non-hydrogen) atoms. The van der Waals surface area contributed by atoms with E-state index >= 15 is 0 Å². The minimum atomic E-state index is -0.130. The normalized spacial score (nSPS) is 17.1. The van der Waals surface area contributed by atoms with Crippen molar-refractivity contribution in [3.05, 3.63) is 35.6 Å². The molecule has 1 aliphatic rings. The summed E-state index contributed by atoms with van der Waals surface area (Å²) >= 11 is 0. The largest absolute Gasteiger partial charge is 0.329 e. The summed E-state index contributed by atoms with van der Waals surface area (Å²) in [7, 11) is 0. The third kappa shape index (κ3) is 3.09. The van der Waals surface area contributed by atoms with Gasteiger partial charge in [-0.3, -0.25) is 4.90 Å². The van der Waals surface area contributed by atoms with Gasteiger partial charge >= 0.3 is 0 Å². The molecule has 1 saturated carbocycles. The van der Waals surface area contributed by atoms with Crippen LogP contribution >= 0.6 is 0 Å². The summed E-state index contributed by atoms with van der Waals surface area (Å²) in [5.74, 6) is -0.130. The molecule has 0 spiro atoms. The molecule has 0 radical (unpaired) electrons. The van der Waals surface area contributed by atoms with Crippen molar-refractivity contribution in [1.29, 1.82) is 0 Å². The van der Waals surface area contributed by atoms with Crippen LogP contribution in [-0.2, 0) is 0 Å². The van der Waals surface area contributed by atoms with Gasteiger partial charge in [0.25, 0.3) is 0 Å². The molecule has 2 rings (SSSR count). The third-order valence-corrected chi connectivity index (χ3v) is 3.67. The fourth-order valence-electron chi connectivity index (χ4n) is 2.53. The molecule has 1 fully saturated rings. The van der Waals surface area contributed by atoms with Crippen molar-refractivity contribution in [3.63, 3.8) is 0 Å². The van der Waals surface area contributed by atoms with Gasteiger partial charge in [-0.2, -0.15) is 0 Å². The lowest BCUT2D eigenvalue weighted by Gasteiger charge is -2.31. The number of benzene rings is 1. The first-order valence-electron chi connectivity index (χ1n) is 6.98. The molecule has 0 heterocycles. The molecule has 1 aromatic carbocycles. The van der Waals surface area contributed by atoms with E-state index in [4.69, 9.17) is 5.73 Å². The average Bonchev–Trinajstić information content (AvgIpc) is 3.20. The fourth-order valence-corrected chi connectivity index (χ4v) is 2.53. The van der Waals surface area contributed by atoms with Crippen molar-refractivity contribution in [3.8, 4) is 0 Å². The molecular formula is C15H23FN2. The van der Waals surface area contributed by atoms with E-state index in [1.54, 1.807) is 6.07 Å². The lowest BCUT2D eigenvalue weighted by Crippen LogP contribution is -2.36. The first-order chi connectivity index (χ1) is 8.77. The molecule has 1 unspecified atom stereocenters. The molecule has 0 aromatic heterocycles. The number of hydrogen-bond acceptors (Lipinski definition) is 2. The number of halogens is 1. The molecule has 1 aliphatic carbocycles. The van der Waals surface area contributed by atoms with E-state index in [9.17, 15) is 4.39 Å². The minimum absolute atomic E-state index is 0.0326.